The van der Waals surface area contributed by atoms with Crippen LogP contribution in [0.3, 0.4) is 0 Å². The highest BCUT2D eigenvalue weighted by Gasteiger charge is 2.11. The Labute approximate surface area is 111 Å². The van der Waals surface area contributed by atoms with Crippen molar-refractivity contribution in [3.63, 3.8) is 0 Å². The maximum Gasteiger partial charge on any atom is 0.255 e. The molecule has 4 N–H and O–H groups in total. The third-order valence-corrected chi connectivity index (χ3v) is 2.80. The number of hydrazine groups is 1. The molecule has 0 aliphatic carbocycles. The van der Waals surface area contributed by atoms with Crippen LogP contribution in [0.2, 0.25) is 0 Å². The Balaban J connectivity index is 2.15. The standard InChI is InChI=1S/C13H17N5O/c1-3-11-12(8-18(2)17-11)15-13(19)9-4-6-10(16-14)7-5-9/h4-8,16H,3,14H2,1-2H3,(H,15,19). The minimum atomic E-state index is -0.161. The number of amides is 1. The minimum Gasteiger partial charge on any atom is -0.324 e. The quantitative estimate of drug-likeness (QED) is 0.574. The lowest BCUT2D eigenvalue weighted by atomic mass is 10.2. The van der Waals surface area contributed by atoms with Crippen LogP contribution >= 0.6 is 0 Å². The van der Waals surface area contributed by atoms with E-state index in [0.717, 1.165) is 23.5 Å². The number of nitrogens with one attached hydrogen (secondary N) is 2. The highest BCUT2D eigenvalue weighted by Crippen LogP contribution is 2.16. The predicted octanol–water partition coefficient (Wildman–Crippen LogP) is 1.52. The van der Waals surface area contributed by atoms with Gasteiger partial charge in [0.05, 0.1) is 11.4 Å². The Morgan fingerprint density at radius 1 is 1.37 bits per heavy atom. The smallest absolute Gasteiger partial charge is 0.255 e. The molecule has 0 bridgehead atoms. The van der Waals surface area contributed by atoms with Crippen LogP contribution < -0.4 is 16.6 Å². The summed E-state index contributed by atoms with van der Waals surface area (Å²) in [6.45, 7) is 2.00. The molecule has 100 valence electrons. The molecule has 0 saturated heterocycles. The molecule has 0 aliphatic rings. The summed E-state index contributed by atoms with van der Waals surface area (Å²) in [5, 5.41) is 7.14. The molecule has 0 saturated carbocycles. The Kier molecular flexibility index (Phi) is 3.82. The van der Waals surface area contributed by atoms with Gasteiger partial charge in [-0.15, -0.1) is 0 Å². The monoisotopic (exact) mass is 259 g/mol. The molecular formula is C13H17N5O. The van der Waals surface area contributed by atoms with Crippen LogP contribution in [0.15, 0.2) is 30.5 Å². The number of anilines is 2. The predicted molar refractivity (Wildman–Crippen MR) is 74.8 cm³/mol. The highest BCUT2D eigenvalue weighted by molar-refractivity contribution is 6.04. The molecule has 2 rings (SSSR count). The van der Waals surface area contributed by atoms with E-state index >= 15 is 0 Å². The zero-order chi connectivity index (χ0) is 13.8. The van der Waals surface area contributed by atoms with Crippen molar-refractivity contribution in [3.05, 3.63) is 41.7 Å². The number of aromatic nitrogens is 2. The first-order valence-corrected chi connectivity index (χ1v) is 6.04. The summed E-state index contributed by atoms with van der Waals surface area (Å²) >= 11 is 0. The van der Waals surface area contributed by atoms with E-state index in [1.54, 1.807) is 35.1 Å². The van der Waals surface area contributed by atoms with Crippen molar-refractivity contribution >= 4 is 17.3 Å². The fraction of sp³-hybridized carbons (Fsp3) is 0.231. The lowest BCUT2D eigenvalue weighted by Crippen LogP contribution is -2.13. The van der Waals surface area contributed by atoms with Crippen LogP contribution in [-0.2, 0) is 13.5 Å². The number of carbonyl (C=O) groups is 1. The second-order valence-electron chi connectivity index (χ2n) is 4.19. The maximum atomic E-state index is 12.1. The Morgan fingerprint density at radius 2 is 2.05 bits per heavy atom. The topological polar surface area (TPSA) is 85.0 Å². The lowest BCUT2D eigenvalue weighted by molar-refractivity contribution is 0.102. The van der Waals surface area contributed by atoms with Crippen LogP contribution in [0.25, 0.3) is 0 Å². The molecule has 1 aromatic carbocycles. The average Bonchev–Trinajstić information content (AvgIpc) is 2.78. The molecular weight excluding hydrogens is 242 g/mol. The second kappa shape index (κ2) is 5.53. The maximum absolute atomic E-state index is 12.1. The van der Waals surface area contributed by atoms with Crippen molar-refractivity contribution in [3.8, 4) is 0 Å². The molecule has 0 unspecified atom stereocenters. The molecule has 2 aromatic rings. The van der Waals surface area contributed by atoms with E-state index in [-0.39, 0.29) is 5.91 Å². The van der Waals surface area contributed by atoms with Crippen molar-refractivity contribution in [2.75, 3.05) is 10.7 Å². The van der Waals surface area contributed by atoms with Crippen molar-refractivity contribution in [1.82, 2.24) is 9.78 Å². The van der Waals surface area contributed by atoms with E-state index < -0.39 is 0 Å². The number of nitrogens with two attached hydrogens (primary N) is 1. The van der Waals surface area contributed by atoms with Gasteiger partial charge in [0.2, 0.25) is 0 Å². The van der Waals surface area contributed by atoms with Gasteiger partial charge in [-0.3, -0.25) is 15.3 Å². The lowest BCUT2D eigenvalue weighted by Gasteiger charge is -2.05. The first-order valence-electron chi connectivity index (χ1n) is 6.04. The van der Waals surface area contributed by atoms with Gasteiger partial charge in [0.1, 0.15) is 0 Å². The normalized spacial score (nSPS) is 10.3. The summed E-state index contributed by atoms with van der Waals surface area (Å²) in [6, 6.07) is 6.93. The van der Waals surface area contributed by atoms with Crippen LogP contribution in [0.1, 0.15) is 23.0 Å². The van der Waals surface area contributed by atoms with Gasteiger partial charge in [-0.1, -0.05) is 6.92 Å². The molecule has 1 heterocycles. The van der Waals surface area contributed by atoms with Crippen molar-refractivity contribution < 1.29 is 4.79 Å². The molecule has 0 radical (unpaired) electrons. The molecule has 6 nitrogen and oxygen atoms in total. The zero-order valence-electron chi connectivity index (χ0n) is 11.0. The van der Waals surface area contributed by atoms with E-state index in [4.69, 9.17) is 5.84 Å². The Morgan fingerprint density at radius 3 is 2.63 bits per heavy atom. The molecule has 1 aromatic heterocycles. The summed E-state index contributed by atoms with van der Waals surface area (Å²) in [5.41, 5.74) is 5.47. The molecule has 1 amide bonds. The molecule has 0 aliphatic heterocycles. The van der Waals surface area contributed by atoms with Gasteiger partial charge >= 0.3 is 0 Å². The number of benzene rings is 1. The zero-order valence-corrected chi connectivity index (χ0v) is 11.0. The first-order chi connectivity index (χ1) is 9.13. The highest BCUT2D eigenvalue weighted by atomic mass is 16.1. The van der Waals surface area contributed by atoms with E-state index in [9.17, 15) is 4.79 Å². The second-order valence-corrected chi connectivity index (χ2v) is 4.19. The van der Waals surface area contributed by atoms with Gasteiger partial charge in [0, 0.05) is 24.5 Å². The molecule has 6 heteroatoms. The molecule has 19 heavy (non-hydrogen) atoms. The van der Waals surface area contributed by atoms with Gasteiger partial charge in [-0.2, -0.15) is 5.10 Å². The van der Waals surface area contributed by atoms with Crippen molar-refractivity contribution in [2.24, 2.45) is 12.9 Å². The molecule has 0 atom stereocenters. The van der Waals surface area contributed by atoms with Crippen LogP contribution in [-0.4, -0.2) is 15.7 Å². The van der Waals surface area contributed by atoms with Gasteiger partial charge in [0.25, 0.3) is 5.91 Å². The summed E-state index contributed by atoms with van der Waals surface area (Å²) in [4.78, 5) is 12.1. The van der Waals surface area contributed by atoms with E-state index in [0.29, 0.717) is 5.56 Å². The van der Waals surface area contributed by atoms with Gasteiger partial charge in [-0.25, -0.2) is 0 Å². The minimum absolute atomic E-state index is 0.161. The van der Waals surface area contributed by atoms with E-state index in [1.807, 2.05) is 14.0 Å². The number of rotatable bonds is 4. The number of hydrogen-bond acceptors (Lipinski definition) is 4. The number of nitrogen functional groups attached to an aromatic ring is 1. The largest absolute Gasteiger partial charge is 0.324 e. The number of hydrogen-bond donors (Lipinski definition) is 3. The van der Waals surface area contributed by atoms with Crippen LogP contribution in [0.5, 0.6) is 0 Å². The number of nitrogens with zero attached hydrogens (tertiary/aromatic N) is 2. The number of aryl methyl sites for hydroxylation is 2. The average molecular weight is 259 g/mol. The number of carbonyl (C=O) groups excluding carboxylic acids is 1. The van der Waals surface area contributed by atoms with E-state index in [1.165, 1.54) is 0 Å². The summed E-state index contributed by atoms with van der Waals surface area (Å²) in [6.07, 6.45) is 2.57. The summed E-state index contributed by atoms with van der Waals surface area (Å²) < 4.78 is 1.69. The fourth-order valence-corrected chi connectivity index (χ4v) is 1.81. The fourth-order valence-electron chi connectivity index (χ4n) is 1.81. The van der Waals surface area contributed by atoms with Gasteiger partial charge in [-0.05, 0) is 30.7 Å². The Bertz CT molecular complexity index is 573. The summed E-state index contributed by atoms with van der Waals surface area (Å²) in [5.74, 6) is 5.12. The van der Waals surface area contributed by atoms with Crippen molar-refractivity contribution in [1.29, 1.82) is 0 Å². The van der Waals surface area contributed by atoms with Gasteiger partial charge < -0.3 is 10.7 Å². The molecule has 0 spiro atoms. The molecule has 0 fully saturated rings. The van der Waals surface area contributed by atoms with E-state index in [2.05, 4.69) is 15.8 Å². The van der Waals surface area contributed by atoms with Crippen molar-refractivity contribution in [2.45, 2.75) is 13.3 Å². The van der Waals surface area contributed by atoms with Gasteiger partial charge in [0.15, 0.2) is 0 Å². The Hall–Kier alpha value is -2.34. The first kappa shape index (κ1) is 13.1. The third-order valence-electron chi connectivity index (χ3n) is 2.80. The summed E-state index contributed by atoms with van der Waals surface area (Å²) in [7, 11) is 1.83. The third kappa shape index (κ3) is 2.92. The SMILES string of the molecule is CCc1nn(C)cc1NC(=O)c1ccc(NN)cc1. The van der Waals surface area contributed by atoms with Crippen LogP contribution in [0.4, 0.5) is 11.4 Å². The van der Waals surface area contributed by atoms with Crippen LogP contribution in [0, 0.1) is 0 Å².